The molecule has 3 N–H and O–H groups in total. The number of carbonyl (C=O) groups excluding carboxylic acids is 2. The molecule has 2 rings (SSSR count). The van der Waals surface area contributed by atoms with Crippen molar-refractivity contribution in [3.05, 3.63) is 65.2 Å². The lowest BCUT2D eigenvalue weighted by molar-refractivity contribution is -0.114. The Morgan fingerprint density at radius 2 is 1.77 bits per heavy atom. The van der Waals surface area contributed by atoms with Crippen LogP contribution in [0.3, 0.4) is 0 Å². The normalized spacial score (nSPS) is 10.5. The molecular formula is C19H21F2N3O2. The number of benzene rings is 2. The van der Waals surface area contributed by atoms with Crippen molar-refractivity contribution >= 4 is 17.5 Å². The molecule has 0 aliphatic carbocycles. The zero-order chi connectivity index (χ0) is 19.1. The van der Waals surface area contributed by atoms with Crippen molar-refractivity contribution in [3.63, 3.8) is 0 Å². The Kier molecular flexibility index (Phi) is 6.80. The Labute approximate surface area is 150 Å². The van der Waals surface area contributed by atoms with E-state index in [9.17, 15) is 18.4 Å². The van der Waals surface area contributed by atoms with Crippen LogP contribution in [0.1, 0.15) is 29.3 Å². The molecule has 138 valence electrons. The maximum Gasteiger partial charge on any atom is 0.254 e. The molecule has 2 aromatic carbocycles. The third kappa shape index (κ3) is 5.35. The van der Waals surface area contributed by atoms with Gasteiger partial charge in [0.15, 0.2) is 0 Å². The summed E-state index contributed by atoms with van der Waals surface area (Å²) in [5, 5.41) is 2.71. The molecule has 2 aromatic rings. The zero-order valence-corrected chi connectivity index (χ0v) is 14.5. The quantitative estimate of drug-likeness (QED) is 0.796. The summed E-state index contributed by atoms with van der Waals surface area (Å²) < 4.78 is 26.9. The number of rotatable bonds is 7. The third-order valence-electron chi connectivity index (χ3n) is 3.72. The van der Waals surface area contributed by atoms with E-state index in [1.165, 1.54) is 11.8 Å². The molecule has 0 saturated carbocycles. The minimum absolute atomic E-state index is 0.0727. The van der Waals surface area contributed by atoms with E-state index >= 15 is 0 Å². The fraction of sp³-hybridized carbons (Fsp3) is 0.263. The van der Waals surface area contributed by atoms with Crippen LogP contribution < -0.4 is 11.1 Å². The number of hydrogen-bond acceptors (Lipinski definition) is 3. The topological polar surface area (TPSA) is 75.4 Å². The van der Waals surface area contributed by atoms with Crippen LogP contribution in [0.2, 0.25) is 0 Å². The number of anilines is 1. The average molecular weight is 361 g/mol. The Morgan fingerprint density at radius 3 is 2.38 bits per heavy atom. The van der Waals surface area contributed by atoms with Crippen molar-refractivity contribution < 1.29 is 18.4 Å². The largest absolute Gasteiger partial charge is 0.334 e. The Bertz CT molecular complexity index is 776. The molecule has 0 saturated heterocycles. The molecule has 0 fully saturated rings. The summed E-state index contributed by atoms with van der Waals surface area (Å²) in [7, 11) is 0. The first-order chi connectivity index (χ1) is 12.4. The predicted molar refractivity (Wildman–Crippen MR) is 95.5 cm³/mol. The molecule has 0 unspecified atom stereocenters. The molecule has 0 bridgehead atoms. The van der Waals surface area contributed by atoms with E-state index in [4.69, 9.17) is 5.73 Å². The molecule has 0 aliphatic rings. The number of nitrogens with zero attached hydrogens (tertiary/aromatic N) is 1. The van der Waals surface area contributed by atoms with Gasteiger partial charge in [-0.05, 0) is 36.7 Å². The van der Waals surface area contributed by atoms with E-state index in [-0.39, 0.29) is 18.0 Å². The van der Waals surface area contributed by atoms with Crippen LogP contribution in [-0.2, 0) is 11.3 Å². The molecule has 0 aliphatic heterocycles. The van der Waals surface area contributed by atoms with Gasteiger partial charge in [0.1, 0.15) is 11.6 Å². The fourth-order valence-electron chi connectivity index (χ4n) is 2.57. The van der Waals surface area contributed by atoms with Crippen molar-refractivity contribution in [2.24, 2.45) is 5.73 Å². The van der Waals surface area contributed by atoms with Gasteiger partial charge in [-0.15, -0.1) is 0 Å². The molecule has 0 aromatic heterocycles. The number of halogens is 2. The van der Waals surface area contributed by atoms with E-state index in [1.54, 1.807) is 24.3 Å². The summed E-state index contributed by atoms with van der Waals surface area (Å²) in [6.45, 7) is 2.26. The highest BCUT2D eigenvalue weighted by Gasteiger charge is 2.19. The van der Waals surface area contributed by atoms with Gasteiger partial charge in [0.25, 0.3) is 5.91 Å². The van der Waals surface area contributed by atoms with Gasteiger partial charge in [0.2, 0.25) is 5.91 Å². The molecular weight excluding hydrogens is 340 g/mol. The number of nitrogens with two attached hydrogens (primary N) is 1. The van der Waals surface area contributed by atoms with Gasteiger partial charge in [-0.3, -0.25) is 9.59 Å². The summed E-state index contributed by atoms with van der Waals surface area (Å²) in [5.41, 5.74) is 6.76. The van der Waals surface area contributed by atoms with E-state index < -0.39 is 17.5 Å². The first-order valence-electron chi connectivity index (χ1n) is 8.21. The third-order valence-corrected chi connectivity index (χ3v) is 3.72. The molecule has 5 nitrogen and oxygen atoms in total. The second-order valence-electron chi connectivity index (χ2n) is 5.87. The van der Waals surface area contributed by atoms with Crippen LogP contribution in [0.4, 0.5) is 14.5 Å². The predicted octanol–water partition coefficient (Wildman–Crippen LogP) is 2.91. The minimum Gasteiger partial charge on any atom is -0.334 e. The summed E-state index contributed by atoms with van der Waals surface area (Å²) in [5.74, 6) is -2.37. The molecule has 0 heterocycles. The second-order valence-corrected chi connectivity index (χ2v) is 5.87. The molecule has 26 heavy (non-hydrogen) atoms. The maximum atomic E-state index is 13.5. The molecule has 0 spiro atoms. The zero-order valence-electron chi connectivity index (χ0n) is 14.5. The highest BCUT2D eigenvalue weighted by atomic mass is 19.1. The van der Waals surface area contributed by atoms with Crippen LogP contribution in [0, 0.1) is 11.6 Å². The molecule has 7 heteroatoms. The van der Waals surface area contributed by atoms with Crippen molar-refractivity contribution in [1.82, 2.24) is 4.90 Å². The van der Waals surface area contributed by atoms with Crippen molar-refractivity contribution in [1.29, 1.82) is 0 Å². The SMILES string of the molecule is CC(=O)Nc1ccccc1CN(CCCN)C(=O)c1cc(F)cc(F)c1. The van der Waals surface area contributed by atoms with Crippen LogP contribution in [0.25, 0.3) is 0 Å². The Hall–Kier alpha value is -2.80. The Balaban J connectivity index is 2.30. The highest BCUT2D eigenvalue weighted by Crippen LogP contribution is 2.19. The van der Waals surface area contributed by atoms with Gasteiger partial charge in [0.05, 0.1) is 0 Å². The van der Waals surface area contributed by atoms with Crippen LogP contribution in [0.15, 0.2) is 42.5 Å². The lowest BCUT2D eigenvalue weighted by Gasteiger charge is -2.24. The van der Waals surface area contributed by atoms with Gasteiger partial charge in [0, 0.05) is 37.3 Å². The Morgan fingerprint density at radius 1 is 1.12 bits per heavy atom. The average Bonchev–Trinajstić information content (AvgIpc) is 2.58. The smallest absolute Gasteiger partial charge is 0.254 e. The summed E-state index contributed by atoms with van der Waals surface area (Å²) in [6, 6.07) is 9.77. The number of hydrogen-bond donors (Lipinski definition) is 2. The lowest BCUT2D eigenvalue weighted by Crippen LogP contribution is -2.33. The fourth-order valence-corrected chi connectivity index (χ4v) is 2.57. The van der Waals surface area contributed by atoms with Crippen LogP contribution >= 0.6 is 0 Å². The summed E-state index contributed by atoms with van der Waals surface area (Å²) in [4.78, 5) is 25.6. The van der Waals surface area contributed by atoms with Crippen LogP contribution in [0.5, 0.6) is 0 Å². The maximum absolute atomic E-state index is 13.5. The van der Waals surface area contributed by atoms with Gasteiger partial charge < -0.3 is 16.0 Å². The van der Waals surface area contributed by atoms with Gasteiger partial charge in [-0.1, -0.05) is 18.2 Å². The number of para-hydroxylation sites is 1. The van der Waals surface area contributed by atoms with E-state index in [1.807, 2.05) is 0 Å². The number of carbonyl (C=O) groups is 2. The lowest BCUT2D eigenvalue weighted by atomic mass is 10.1. The van der Waals surface area contributed by atoms with Gasteiger partial charge >= 0.3 is 0 Å². The van der Waals surface area contributed by atoms with Gasteiger partial charge in [-0.25, -0.2) is 8.78 Å². The summed E-state index contributed by atoms with van der Waals surface area (Å²) >= 11 is 0. The summed E-state index contributed by atoms with van der Waals surface area (Å²) in [6.07, 6.45) is 0.534. The first kappa shape index (κ1) is 19.5. The minimum atomic E-state index is -0.814. The van der Waals surface area contributed by atoms with Gasteiger partial charge in [-0.2, -0.15) is 0 Å². The van der Waals surface area contributed by atoms with Crippen molar-refractivity contribution in [3.8, 4) is 0 Å². The second kappa shape index (κ2) is 9.05. The van der Waals surface area contributed by atoms with E-state index in [2.05, 4.69) is 5.32 Å². The van der Waals surface area contributed by atoms with E-state index in [0.717, 1.165) is 12.1 Å². The first-order valence-corrected chi connectivity index (χ1v) is 8.21. The number of nitrogens with one attached hydrogen (secondary N) is 1. The van der Waals surface area contributed by atoms with Crippen molar-refractivity contribution in [2.45, 2.75) is 19.9 Å². The van der Waals surface area contributed by atoms with E-state index in [0.29, 0.717) is 36.8 Å². The molecule has 2 amide bonds. The molecule has 0 radical (unpaired) electrons. The molecule has 0 atom stereocenters. The number of amides is 2. The van der Waals surface area contributed by atoms with Crippen LogP contribution in [-0.4, -0.2) is 29.8 Å². The standard InChI is InChI=1S/C19H21F2N3O2/c1-13(25)23-18-6-3-2-5-14(18)12-24(8-4-7-22)19(26)15-9-16(20)11-17(21)10-15/h2-3,5-6,9-11H,4,7-8,12,22H2,1H3,(H,23,25). The monoisotopic (exact) mass is 361 g/mol. The van der Waals surface area contributed by atoms with Crippen molar-refractivity contribution in [2.75, 3.05) is 18.4 Å². The highest BCUT2D eigenvalue weighted by molar-refractivity contribution is 5.94.